The lowest BCUT2D eigenvalue weighted by Gasteiger charge is -2.34. The van der Waals surface area contributed by atoms with Crippen molar-refractivity contribution >= 4 is 15.7 Å². The van der Waals surface area contributed by atoms with Crippen LogP contribution in [0, 0.1) is 13.8 Å². The van der Waals surface area contributed by atoms with Gasteiger partial charge in [0.15, 0.2) is 0 Å². The van der Waals surface area contributed by atoms with Gasteiger partial charge in [-0.05, 0) is 56.4 Å². The number of aryl methyl sites for hydroxylation is 2. The lowest BCUT2D eigenvalue weighted by Crippen LogP contribution is -2.41. The first-order valence-corrected chi connectivity index (χ1v) is 9.15. The summed E-state index contributed by atoms with van der Waals surface area (Å²) in [6.45, 7) is 6.77. The molecule has 0 aromatic heterocycles. The summed E-state index contributed by atoms with van der Waals surface area (Å²) in [7, 11) is -1.68. The van der Waals surface area contributed by atoms with E-state index in [1.807, 2.05) is 26.0 Å². The smallest absolute Gasteiger partial charge is 0.243 e. The molecular weight excluding hydrogens is 284 g/mol. The van der Waals surface area contributed by atoms with Crippen LogP contribution in [0.1, 0.15) is 43.7 Å². The van der Waals surface area contributed by atoms with E-state index in [0.717, 1.165) is 49.0 Å². The summed E-state index contributed by atoms with van der Waals surface area (Å²) in [5, 5.41) is 3.32. The Labute approximate surface area is 128 Å². The fourth-order valence-electron chi connectivity index (χ4n) is 2.82. The minimum atomic E-state index is -3.39. The van der Waals surface area contributed by atoms with Crippen LogP contribution in [0.15, 0.2) is 17.0 Å². The molecule has 0 radical (unpaired) electrons. The van der Waals surface area contributed by atoms with Gasteiger partial charge in [0.1, 0.15) is 0 Å². The normalized spacial score (nSPS) is 16.0. The van der Waals surface area contributed by atoms with Gasteiger partial charge in [0, 0.05) is 25.3 Å². The third-order valence-electron chi connectivity index (χ3n) is 4.27. The van der Waals surface area contributed by atoms with Gasteiger partial charge in [-0.2, -0.15) is 4.31 Å². The van der Waals surface area contributed by atoms with Crippen LogP contribution in [0.25, 0.3) is 0 Å². The quantitative estimate of drug-likeness (QED) is 0.877. The molecule has 1 fully saturated rings. The van der Waals surface area contributed by atoms with Crippen molar-refractivity contribution in [2.24, 2.45) is 0 Å². The largest absolute Gasteiger partial charge is 0.385 e. The van der Waals surface area contributed by atoms with E-state index in [0.29, 0.717) is 4.90 Å². The van der Waals surface area contributed by atoms with Gasteiger partial charge in [-0.25, -0.2) is 8.42 Å². The fourth-order valence-corrected chi connectivity index (χ4v) is 4.64. The molecular formula is C16H26N2O2S. The zero-order valence-corrected chi connectivity index (χ0v) is 14.3. The Kier molecular flexibility index (Phi) is 4.94. The molecule has 0 atom stereocenters. The van der Waals surface area contributed by atoms with Crippen LogP contribution in [0.3, 0.4) is 0 Å². The van der Waals surface area contributed by atoms with Crippen molar-refractivity contribution in [3.63, 3.8) is 0 Å². The molecule has 21 heavy (non-hydrogen) atoms. The highest BCUT2D eigenvalue weighted by Crippen LogP contribution is 2.32. The second-order valence-electron chi connectivity index (χ2n) is 5.97. The van der Waals surface area contributed by atoms with E-state index in [-0.39, 0.29) is 6.04 Å². The summed E-state index contributed by atoms with van der Waals surface area (Å²) >= 11 is 0. The molecule has 1 aromatic carbocycles. The highest BCUT2D eigenvalue weighted by atomic mass is 32.2. The van der Waals surface area contributed by atoms with Crippen molar-refractivity contribution in [1.29, 1.82) is 0 Å². The molecule has 0 spiro atoms. The molecule has 1 aromatic rings. The maximum absolute atomic E-state index is 12.8. The molecule has 0 bridgehead atoms. The van der Waals surface area contributed by atoms with Crippen molar-refractivity contribution in [1.82, 2.24) is 4.31 Å². The van der Waals surface area contributed by atoms with E-state index in [4.69, 9.17) is 0 Å². The third-order valence-corrected chi connectivity index (χ3v) is 6.48. The van der Waals surface area contributed by atoms with Gasteiger partial charge >= 0.3 is 0 Å². The number of anilines is 1. The first kappa shape index (κ1) is 16.3. The van der Waals surface area contributed by atoms with Crippen LogP contribution in [-0.2, 0) is 10.0 Å². The van der Waals surface area contributed by atoms with Crippen LogP contribution in [0.4, 0.5) is 5.69 Å². The predicted octanol–water partition coefficient (Wildman–Crippen LogP) is 3.30. The van der Waals surface area contributed by atoms with E-state index in [2.05, 4.69) is 12.2 Å². The first-order chi connectivity index (χ1) is 9.87. The molecule has 118 valence electrons. The minimum absolute atomic E-state index is 0.173. The number of nitrogens with zero attached hydrogens (tertiary/aromatic N) is 1. The number of rotatable bonds is 6. The van der Waals surface area contributed by atoms with Gasteiger partial charge < -0.3 is 5.32 Å². The highest BCUT2D eigenvalue weighted by Gasteiger charge is 2.33. The van der Waals surface area contributed by atoms with E-state index in [1.165, 1.54) is 0 Å². The number of sulfonamides is 1. The number of benzene rings is 1. The summed E-state index contributed by atoms with van der Waals surface area (Å²) in [5.74, 6) is 0. The molecule has 5 heteroatoms. The molecule has 0 saturated heterocycles. The Morgan fingerprint density at radius 3 is 2.24 bits per heavy atom. The molecule has 1 aliphatic carbocycles. The number of hydrogen-bond acceptors (Lipinski definition) is 3. The maximum atomic E-state index is 12.8. The number of hydrogen-bond donors (Lipinski definition) is 1. The fraction of sp³-hybridized carbons (Fsp3) is 0.625. The zero-order chi connectivity index (χ0) is 15.6. The molecule has 1 aliphatic rings. The first-order valence-electron chi connectivity index (χ1n) is 7.71. The van der Waals surface area contributed by atoms with Crippen LogP contribution < -0.4 is 5.32 Å². The molecule has 0 unspecified atom stereocenters. The molecule has 0 heterocycles. The summed E-state index contributed by atoms with van der Waals surface area (Å²) in [5.41, 5.74) is 2.64. The summed E-state index contributed by atoms with van der Waals surface area (Å²) < 4.78 is 27.2. The van der Waals surface area contributed by atoms with Crippen LogP contribution in [-0.4, -0.2) is 32.4 Å². The van der Waals surface area contributed by atoms with Gasteiger partial charge in [0.2, 0.25) is 10.0 Å². The summed E-state index contributed by atoms with van der Waals surface area (Å²) in [6.07, 6.45) is 4.12. The third kappa shape index (κ3) is 3.24. The monoisotopic (exact) mass is 310 g/mol. The van der Waals surface area contributed by atoms with Crippen molar-refractivity contribution < 1.29 is 8.42 Å². The number of nitrogens with one attached hydrogen (secondary N) is 1. The Morgan fingerprint density at radius 2 is 1.81 bits per heavy atom. The van der Waals surface area contributed by atoms with E-state index in [1.54, 1.807) is 11.4 Å². The topological polar surface area (TPSA) is 49.4 Å². The zero-order valence-electron chi connectivity index (χ0n) is 13.4. The lowest BCUT2D eigenvalue weighted by molar-refractivity contribution is 0.249. The van der Waals surface area contributed by atoms with E-state index >= 15 is 0 Å². The highest BCUT2D eigenvalue weighted by molar-refractivity contribution is 7.89. The van der Waals surface area contributed by atoms with Crippen molar-refractivity contribution in [3.8, 4) is 0 Å². The van der Waals surface area contributed by atoms with Gasteiger partial charge in [-0.1, -0.05) is 13.3 Å². The predicted molar refractivity (Wildman–Crippen MR) is 87.3 cm³/mol. The van der Waals surface area contributed by atoms with E-state index < -0.39 is 10.0 Å². The minimum Gasteiger partial charge on any atom is -0.385 e. The van der Waals surface area contributed by atoms with Crippen molar-refractivity contribution in [3.05, 3.63) is 23.3 Å². The lowest BCUT2D eigenvalue weighted by atomic mass is 9.94. The SMILES string of the molecule is CCCNc1cc(C)c(S(=O)(=O)N(C)C2CCC2)c(C)c1. The van der Waals surface area contributed by atoms with Crippen LogP contribution in [0.5, 0.6) is 0 Å². The Balaban J connectivity index is 2.34. The molecule has 2 rings (SSSR count). The Bertz CT molecular complexity index is 584. The molecule has 4 nitrogen and oxygen atoms in total. The Hall–Kier alpha value is -1.07. The molecule has 1 saturated carbocycles. The van der Waals surface area contributed by atoms with Gasteiger partial charge in [0.05, 0.1) is 4.90 Å². The average Bonchev–Trinajstić information content (AvgIpc) is 2.33. The van der Waals surface area contributed by atoms with Gasteiger partial charge in [-0.15, -0.1) is 0 Å². The average molecular weight is 310 g/mol. The summed E-state index contributed by atoms with van der Waals surface area (Å²) in [6, 6.07) is 4.04. The summed E-state index contributed by atoms with van der Waals surface area (Å²) in [4.78, 5) is 0.471. The molecule has 1 N–H and O–H groups in total. The van der Waals surface area contributed by atoms with Crippen molar-refractivity contribution in [2.45, 2.75) is 57.4 Å². The van der Waals surface area contributed by atoms with Gasteiger partial charge in [-0.3, -0.25) is 0 Å². The van der Waals surface area contributed by atoms with Crippen molar-refractivity contribution in [2.75, 3.05) is 18.9 Å². The van der Waals surface area contributed by atoms with Crippen LogP contribution >= 0.6 is 0 Å². The standard InChI is InChI=1S/C16H26N2O2S/c1-5-9-17-14-10-12(2)16(13(3)11-14)21(19,20)18(4)15-7-6-8-15/h10-11,15,17H,5-9H2,1-4H3. The molecule has 0 amide bonds. The second-order valence-corrected chi connectivity index (χ2v) is 7.91. The van der Waals surface area contributed by atoms with Crippen LogP contribution in [0.2, 0.25) is 0 Å². The maximum Gasteiger partial charge on any atom is 0.243 e. The van der Waals surface area contributed by atoms with E-state index in [9.17, 15) is 8.42 Å². The second kappa shape index (κ2) is 6.36. The molecule has 0 aliphatic heterocycles. The van der Waals surface area contributed by atoms with Gasteiger partial charge in [0.25, 0.3) is 0 Å². The Morgan fingerprint density at radius 1 is 1.24 bits per heavy atom.